The Morgan fingerprint density at radius 3 is 2.24 bits per heavy atom. The third-order valence-corrected chi connectivity index (χ3v) is 6.62. The smallest absolute Gasteiger partial charge is 0.416 e. The standard InChI is InChI=1S/C27H24ClF3N2O5/c1-36-19-8-4-16(5-9-19)15-33-21-10-7-18(28)13-20(21)26(27(29,30)31,32-25(33)35)14-22(34)17-6-11-23(37-2)24(12-17)38-3/h4-13H,14-15H2,1-3H3,(H,32,35). The maximum absolute atomic E-state index is 14.9. The summed E-state index contributed by atoms with van der Waals surface area (Å²) in [6, 6.07) is 13.7. The molecule has 3 aromatic carbocycles. The van der Waals surface area contributed by atoms with Crippen LogP contribution in [0.5, 0.6) is 17.2 Å². The predicted molar refractivity (Wildman–Crippen MR) is 135 cm³/mol. The SMILES string of the molecule is COc1ccc(CN2C(=O)NC(CC(=O)c3ccc(OC)c(OC)c3)(C(F)(F)F)c3cc(Cl)ccc32)cc1. The van der Waals surface area contributed by atoms with Crippen molar-refractivity contribution in [1.29, 1.82) is 0 Å². The fraction of sp³-hybridized carbons (Fsp3) is 0.259. The predicted octanol–water partition coefficient (Wildman–Crippen LogP) is 6.13. The number of amides is 2. The fourth-order valence-electron chi connectivity index (χ4n) is 4.40. The number of anilines is 1. The number of hydrogen-bond donors (Lipinski definition) is 1. The fourth-order valence-corrected chi connectivity index (χ4v) is 4.57. The first-order valence-electron chi connectivity index (χ1n) is 11.4. The zero-order valence-corrected chi connectivity index (χ0v) is 21.4. The summed E-state index contributed by atoms with van der Waals surface area (Å²) in [5, 5.41) is 2.12. The molecule has 2 amide bonds. The molecule has 200 valence electrons. The van der Waals surface area contributed by atoms with E-state index < -0.39 is 30.0 Å². The molecule has 38 heavy (non-hydrogen) atoms. The van der Waals surface area contributed by atoms with Gasteiger partial charge in [0.15, 0.2) is 22.8 Å². The number of alkyl halides is 3. The summed E-state index contributed by atoms with van der Waals surface area (Å²) in [5.41, 5.74) is -2.75. The highest BCUT2D eigenvalue weighted by atomic mass is 35.5. The van der Waals surface area contributed by atoms with Crippen LogP contribution in [-0.2, 0) is 12.1 Å². The number of rotatable bonds is 8. The van der Waals surface area contributed by atoms with Crippen LogP contribution in [0.2, 0.25) is 5.02 Å². The highest BCUT2D eigenvalue weighted by Crippen LogP contribution is 2.49. The average Bonchev–Trinajstić information content (AvgIpc) is 2.90. The molecule has 1 N–H and O–H groups in total. The van der Waals surface area contributed by atoms with Crippen molar-refractivity contribution >= 4 is 29.1 Å². The topological polar surface area (TPSA) is 77.1 Å². The van der Waals surface area contributed by atoms with Gasteiger partial charge in [-0.05, 0) is 54.1 Å². The van der Waals surface area contributed by atoms with E-state index in [-0.39, 0.29) is 34.1 Å². The van der Waals surface area contributed by atoms with E-state index in [2.05, 4.69) is 5.32 Å². The Morgan fingerprint density at radius 2 is 1.63 bits per heavy atom. The number of methoxy groups -OCH3 is 3. The zero-order valence-electron chi connectivity index (χ0n) is 20.7. The van der Waals surface area contributed by atoms with Gasteiger partial charge < -0.3 is 19.5 Å². The molecule has 0 aromatic heterocycles. The molecule has 0 saturated heterocycles. The number of ketones is 1. The molecule has 0 radical (unpaired) electrons. The van der Waals surface area contributed by atoms with E-state index in [0.717, 1.165) is 6.07 Å². The second-order valence-electron chi connectivity index (χ2n) is 8.60. The average molecular weight is 549 g/mol. The summed E-state index contributed by atoms with van der Waals surface area (Å²) in [6.45, 7) is -0.0258. The number of carbonyl (C=O) groups excluding carboxylic acids is 2. The van der Waals surface area contributed by atoms with Gasteiger partial charge in [-0.25, -0.2) is 4.79 Å². The normalized spacial score (nSPS) is 16.9. The van der Waals surface area contributed by atoms with Crippen molar-refractivity contribution in [2.24, 2.45) is 0 Å². The minimum absolute atomic E-state index is 0.00796. The van der Waals surface area contributed by atoms with Gasteiger partial charge in [0, 0.05) is 22.6 Å². The van der Waals surface area contributed by atoms with E-state index in [0.29, 0.717) is 17.1 Å². The van der Waals surface area contributed by atoms with Crippen LogP contribution in [0.1, 0.15) is 27.9 Å². The molecular formula is C27H24ClF3N2O5. The van der Waals surface area contributed by atoms with Gasteiger partial charge in [0.05, 0.1) is 33.6 Å². The lowest BCUT2D eigenvalue weighted by Gasteiger charge is -2.44. The van der Waals surface area contributed by atoms with Crippen LogP contribution in [0, 0.1) is 0 Å². The van der Waals surface area contributed by atoms with Gasteiger partial charge in [0.2, 0.25) is 0 Å². The number of ether oxygens (including phenoxy) is 3. The summed E-state index contributed by atoms with van der Waals surface area (Å²) in [5.74, 6) is 0.222. The Hall–Kier alpha value is -3.92. The van der Waals surface area contributed by atoms with E-state index >= 15 is 0 Å². The van der Waals surface area contributed by atoms with E-state index in [1.54, 1.807) is 24.3 Å². The van der Waals surface area contributed by atoms with Crippen LogP contribution < -0.4 is 24.4 Å². The van der Waals surface area contributed by atoms with Crippen LogP contribution in [-0.4, -0.2) is 39.3 Å². The Labute approximate surface area is 222 Å². The van der Waals surface area contributed by atoms with E-state index in [4.69, 9.17) is 25.8 Å². The highest BCUT2D eigenvalue weighted by molar-refractivity contribution is 6.30. The molecule has 1 unspecified atom stereocenters. The summed E-state index contributed by atoms with van der Waals surface area (Å²) >= 11 is 6.13. The Kier molecular flexibility index (Phi) is 7.46. The lowest BCUT2D eigenvalue weighted by molar-refractivity contribution is -0.196. The molecule has 3 aromatic rings. The molecule has 7 nitrogen and oxygen atoms in total. The minimum Gasteiger partial charge on any atom is -0.497 e. The number of nitrogens with zero attached hydrogens (tertiary/aromatic N) is 1. The summed E-state index contributed by atoms with van der Waals surface area (Å²) in [4.78, 5) is 27.7. The zero-order chi connectivity index (χ0) is 27.7. The summed E-state index contributed by atoms with van der Waals surface area (Å²) in [7, 11) is 4.25. The molecule has 0 aliphatic carbocycles. The van der Waals surface area contributed by atoms with Crippen molar-refractivity contribution in [3.05, 3.63) is 82.4 Å². The molecule has 0 fully saturated rings. The maximum atomic E-state index is 14.9. The lowest BCUT2D eigenvalue weighted by Crippen LogP contribution is -2.63. The van der Waals surface area contributed by atoms with Gasteiger partial charge in [-0.2, -0.15) is 13.2 Å². The first kappa shape index (κ1) is 27.1. The number of halogens is 4. The largest absolute Gasteiger partial charge is 0.497 e. The van der Waals surface area contributed by atoms with Crippen LogP contribution in [0.15, 0.2) is 60.7 Å². The third-order valence-electron chi connectivity index (χ3n) is 6.39. The van der Waals surface area contributed by atoms with E-state index in [1.165, 1.54) is 56.6 Å². The highest BCUT2D eigenvalue weighted by Gasteiger charge is 2.61. The second-order valence-corrected chi connectivity index (χ2v) is 9.04. The number of hydrogen-bond acceptors (Lipinski definition) is 5. The lowest BCUT2D eigenvalue weighted by atomic mass is 9.80. The van der Waals surface area contributed by atoms with Gasteiger partial charge >= 0.3 is 12.2 Å². The summed E-state index contributed by atoms with van der Waals surface area (Å²) < 4.78 is 60.1. The van der Waals surface area contributed by atoms with Crippen molar-refractivity contribution < 1.29 is 37.0 Å². The molecule has 4 rings (SSSR count). The number of nitrogens with one attached hydrogen (secondary N) is 1. The van der Waals surface area contributed by atoms with Crippen LogP contribution in [0.25, 0.3) is 0 Å². The molecule has 0 saturated carbocycles. The molecule has 0 bridgehead atoms. The van der Waals surface area contributed by atoms with Gasteiger partial charge in [0.25, 0.3) is 0 Å². The monoisotopic (exact) mass is 548 g/mol. The number of carbonyl (C=O) groups is 2. The van der Waals surface area contributed by atoms with Gasteiger partial charge in [-0.15, -0.1) is 0 Å². The van der Waals surface area contributed by atoms with Crippen molar-refractivity contribution in [1.82, 2.24) is 5.32 Å². The molecule has 1 aliphatic heterocycles. The van der Waals surface area contributed by atoms with Crippen LogP contribution in [0.4, 0.5) is 23.7 Å². The second kappa shape index (κ2) is 10.4. The van der Waals surface area contributed by atoms with Crippen molar-refractivity contribution in [3.63, 3.8) is 0 Å². The quantitative estimate of drug-likeness (QED) is 0.343. The molecule has 11 heteroatoms. The van der Waals surface area contributed by atoms with E-state index in [1.807, 2.05) is 0 Å². The van der Waals surface area contributed by atoms with Gasteiger partial charge in [0.1, 0.15) is 5.75 Å². The molecule has 1 atom stereocenters. The molecule has 1 heterocycles. The first-order valence-corrected chi connectivity index (χ1v) is 11.8. The number of Topliss-reactive ketones (excluding diaryl/α,β-unsaturated/α-hetero) is 1. The number of benzene rings is 3. The van der Waals surface area contributed by atoms with Crippen LogP contribution >= 0.6 is 11.6 Å². The molecule has 0 spiro atoms. The van der Waals surface area contributed by atoms with Gasteiger partial charge in [-0.3, -0.25) is 9.69 Å². The molecular weight excluding hydrogens is 525 g/mol. The van der Waals surface area contributed by atoms with Crippen LogP contribution in [0.3, 0.4) is 0 Å². The molecule has 1 aliphatic rings. The third kappa shape index (κ3) is 4.96. The Balaban J connectivity index is 1.78. The Bertz CT molecular complexity index is 1360. The maximum Gasteiger partial charge on any atom is 0.416 e. The van der Waals surface area contributed by atoms with Crippen molar-refractivity contribution in [2.45, 2.75) is 24.7 Å². The van der Waals surface area contributed by atoms with Crippen molar-refractivity contribution in [3.8, 4) is 17.2 Å². The number of fused-ring (bicyclic) bond motifs is 1. The van der Waals surface area contributed by atoms with Crippen molar-refractivity contribution in [2.75, 3.05) is 26.2 Å². The Morgan fingerprint density at radius 1 is 0.947 bits per heavy atom. The first-order chi connectivity index (χ1) is 18.0. The number of urea groups is 1. The van der Waals surface area contributed by atoms with E-state index in [9.17, 15) is 22.8 Å². The minimum atomic E-state index is -5.04. The van der Waals surface area contributed by atoms with Gasteiger partial charge in [-0.1, -0.05) is 23.7 Å². The summed E-state index contributed by atoms with van der Waals surface area (Å²) in [6.07, 6.45) is -6.14.